The monoisotopic (exact) mass is 218 g/mol. The third-order valence-corrected chi connectivity index (χ3v) is 3.31. The fourth-order valence-electron chi connectivity index (χ4n) is 2.19. The quantitative estimate of drug-likeness (QED) is 0.615. The molecule has 0 N–H and O–H groups in total. The van der Waals surface area contributed by atoms with Crippen LogP contribution in [-0.4, -0.2) is 0 Å². The van der Waals surface area contributed by atoms with E-state index < -0.39 is 0 Å². The highest BCUT2D eigenvalue weighted by molar-refractivity contribution is 5.41. The van der Waals surface area contributed by atoms with Crippen molar-refractivity contribution in [3.63, 3.8) is 0 Å². The molecule has 0 saturated heterocycles. The Hall–Kier alpha value is -0.780. The minimum absolute atomic E-state index is 0.619. The summed E-state index contributed by atoms with van der Waals surface area (Å²) in [4.78, 5) is 0. The average Bonchev–Trinajstić information content (AvgIpc) is 2.38. The zero-order valence-electron chi connectivity index (χ0n) is 11.7. The Morgan fingerprint density at radius 1 is 0.812 bits per heavy atom. The highest BCUT2D eigenvalue weighted by Crippen LogP contribution is 2.30. The molecule has 0 radical (unpaired) electrons. The van der Waals surface area contributed by atoms with Crippen LogP contribution in [0.4, 0.5) is 0 Å². The second-order valence-corrected chi connectivity index (χ2v) is 5.70. The van der Waals surface area contributed by atoms with Crippen molar-refractivity contribution in [3.05, 3.63) is 34.9 Å². The third-order valence-electron chi connectivity index (χ3n) is 3.31. The molecular weight excluding hydrogens is 192 g/mol. The molecule has 0 heteroatoms. The van der Waals surface area contributed by atoms with E-state index in [0.29, 0.717) is 17.8 Å². The van der Waals surface area contributed by atoms with E-state index in [0.717, 1.165) is 6.42 Å². The summed E-state index contributed by atoms with van der Waals surface area (Å²) < 4.78 is 0. The summed E-state index contributed by atoms with van der Waals surface area (Å²) in [6.07, 6.45) is 8.23. The molecule has 0 aromatic rings. The van der Waals surface area contributed by atoms with Crippen molar-refractivity contribution in [1.29, 1.82) is 0 Å². The lowest BCUT2D eigenvalue weighted by atomic mass is 9.89. The molecule has 0 atom stereocenters. The van der Waals surface area contributed by atoms with Crippen LogP contribution in [0.5, 0.6) is 0 Å². The highest BCUT2D eigenvalue weighted by Gasteiger charge is 2.14. The van der Waals surface area contributed by atoms with Gasteiger partial charge in [-0.1, -0.05) is 65.3 Å². The fraction of sp³-hybridized carbons (Fsp3) is 0.625. The molecule has 0 spiro atoms. The van der Waals surface area contributed by atoms with Gasteiger partial charge in [0.1, 0.15) is 0 Å². The maximum Gasteiger partial charge on any atom is -0.0130 e. The van der Waals surface area contributed by atoms with E-state index in [1.165, 1.54) is 11.1 Å². The summed E-state index contributed by atoms with van der Waals surface area (Å²) in [5, 5.41) is 0. The van der Waals surface area contributed by atoms with Crippen LogP contribution in [0.1, 0.15) is 48.0 Å². The second-order valence-electron chi connectivity index (χ2n) is 5.70. The van der Waals surface area contributed by atoms with Gasteiger partial charge in [0.25, 0.3) is 0 Å². The Morgan fingerprint density at radius 3 is 1.81 bits per heavy atom. The predicted molar refractivity (Wildman–Crippen MR) is 73.4 cm³/mol. The van der Waals surface area contributed by atoms with Crippen LogP contribution in [0.25, 0.3) is 0 Å². The van der Waals surface area contributed by atoms with Crippen LogP contribution in [-0.2, 0) is 0 Å². The third kappa shape index (κ3) is 3.10. The number of rotatable bonds is 3. The first-order valence-corrected chi connectivity index (χ1v) is 6.54. The smallest absolute Gasteiger partial charge is 0.0130 e. The largest absolute Gasteiger partial charge is 0.0802 e. The van der Waals surface area contributed by atoms with E-state index in [1.54, 1.807) is 5.57 Å². The zero-order chi connectivity index (χ0) is 12.3. The summed E-state index contributed by atoms with van der Waals surface area (Å²) in [5.41, 5.74) is 4.62. The van der Waals surface area contributed by atoms with Gasteiger partial charge in [-0.2, -0.15) is 0 Å². The number of hydrogen-bond donors (Lipinski definition) is 0. The summed E-state index contributed by atoms with van der Waals surface area (Å²) in [5.74, 6) is 1.90. The zero-order valence-corrected chi connectivity index (χ0v) is 11.7. The van der Waals surface area contributed by atoms with Crippen LogP contribution in [0.2, 0.25) is 0 Å². The molecule has 0 fully saturated rings. The predicted octanol–water partition coefficient (Wildman–Crippen LogP) is 5.14. The molecule has 0 heterocycles. The first-order valence-electron chi connectivity index (χ1n) is 6.54. The molecule has 0 saturated carbocycles. The summed E-state index contributed by atoms with van der Waals surface area (Å²) in [6, 6.07) is 0. The molecule has 0 aromatic heterocycles. The van der Waals surface area contributed by atoms with E-state index in [4.69, 9.17) is 0 Å². The molecule has 90 valence electrons. The molecule has 0 amide bonds. The normalized spacial score (nSPS) is 17.4. The van der Waals surface area contributed by atoms with E-state index in [1.807, 2.05) is 0 Å². The fourth-order valence-corrected chi connectivity index (χ4v) is 2.19. The Balaban J connectivity index is 3.21. The second kappa shape index (κ2) is 5.52. The van der Waals surface area contributed by atoms with Crippen LogP contribution < -0.4 is 0 Å². The maximum absolute atomic E-state index is 2.45. The minimum atomic E-state index is 0.619. The van der Waals surface area contributed by atoms with Gasteiger partial charge in [0, 0.05) is 0 Å². The van der Waals surface area contributed by atoms with Crippen LogP contribution >= 0.6 is 0 Å². The summed E-state index contributed by atoms with van der Waals surface area (Å²) in [7, 11) is 0. The molecule has 1 aliphatic carbocycles. The van der Waals surface area contributed by atoms with Crippen molar-refractivity contribution in [3.8, 4) is 0 Å². The Kier molecular flexibility index (Phi) is 4.58. The lowest BCUT2D eigenvalue weighted by molar-refractivity contribution is 0.712. The molecule has 1 rings (SSSR count). The van der Waals surface area contributed by atoms with E-state index >= 15 is 0 Å². The first-order chi connectivity index (χ1) is 7.43. The number of hydrogen-bond acceptors (Lipinski definition) is 0. The molecule has 0 nitrogen and oxygen atoms in total. The van der Waals surface area contributed by atoms with Gasteiger partial charge in [-0.15, -0.1) is 0 Å². The summed E-state index contributed by atoms with van der Waals surface area (Å²) in [6.45, 7) is 13.7. The van der Waals surface area contributed by atoms with Gasteiger partial charge in [0.05, 0.1) is 0 Å². The maximum atomic E-state index is 2.45. The lowest BCUT2D eigenvalue weighted by Crippen LogP contribution is -2.02. The molecule has 16 heavy (non-hydrogen) atoms. The molecule has 1 aliphatic rings. The standard InChI is InChI=1S/C16H26/c1-11(2)14-8-7-9-15(12(3)4)16(10-14)13(5)6/h7,9-13H,8H2,1-6H3. The van der Waals surface area contributed by atoms with Crippen molar-refractivity contribution >= 4 is 0 Å². The first kappa shape index (κ1) is 13.3. The SMILES string of the molecule is CC(C)C1=CC(C(C)C)=C(C(C)C)C=CC1. The molecule has 0 aliphatic heterocycles. The highest BCUT2D eigenvalue weighted by atomic mass is 14.2. The molecule has 0 unspecified atom stereocenters. The van der Waals surface area contributed by atoms with Crippen LogP contribution in [0.15, 0.2) is 34.9 Å². The van der Waals surface area contributed by atoms with E-state index in [-0.39, 0.29) is 0 Å². The van der Waals surface area contributed by atoms with Gasteiger partial charge in [-0.05, 0) is 35.3 Å². The lowest BCUT2D eigenvalue weighted by Gasteiger charge is -2.17. The Bertz CT molecular complexity index is 322. The van der Waals surface area contributed by atoms with Crippen molar-refractivity contribution < 1.29 is 0 Å². The Morgan fingerprint density at radius 2 is 1.38 bits per heavy atom. The van der Waals surface area contributed by atoms with Crippen molar-refractivity contribution in [1.82, 2.24) is 0 Å². The van der Waals surface area contributed by atoms with Gasteiger partial charge >= 0.3 is 0 Å². The van der Waals surface area contributed by atoms with E-state index in [2.05, 4.69) is 59.8 Å². The van der Waals surface area contributed by atoms with Gasteiger partial charge in [-0.25, -0.2) is 0 Å². The molecular formula is C16H26. The van der Waals surface area contributed by atoms with Gasteiger partial charge in [0.2, 0.25) is 0 Å². The Labute approximate surface area is 101 Å². The van der Waals surface area contributed by atoms with Crippen molar-refractivity contribution in [2.45, 2.75) is 48.0 Å². The van der Waals surface area contributed by atoms with Crippen molar-refractivity contribution in [2.75, 3.05) is 0 Å². The topological polar surface area (TPSA) is 0 Å². The van der Waals surface area contributed by atoms with Gasteiger partial charge < -0.3 is 0 Å². The summed E-state index contributed by atoms with van der Waals surface area (Å²) >= 11 is 0. The number of allylic oxidation sites excluding steroid dienone is 6. The molecule has 0 aromatic carbocycles. The van der Waals surface area contributed by atoms with Crippen molar-refractivity contribution in [2.24, 2.45) is 17.8 Å². The average molecular weight is 218 g/mol. The van der Waals surface area contributed by atoms with E-state index in [9.17, 15) is 0 Å². The molecule has 0 bridgehead atoms. The van der Waals surface area contributed by atoms with Gasteiger partial charge in [-0.3, -0.25) is 0 Å². The van der Waals surface area contributed by atoms with Crippen LogP contribution in [0, 0.1) is 17.8 Å². The van der Waals surface area contributed by atoms with Crippen LogP contribution in [0.3, 0.4) is 0 Å². The van der Waals surface area contributed by atoms with Gasteiger partial charge in [0.15, 0.2) is 0 Å². The minimum Gasteiger partial charge on any atom is -0.0802 e.